The van der Waals surface area contributed by atoms with E-state index < -0.39 is 36.4 Å². The third-order valence-corrected chi connectivity index (χ3v) is 2.26. The van der Waals surface area contributed by atoms with Crippen molar-refractivity contribution in [1.29, 1.82) is 0 Å². The van der Waals surface area contributed by atoms with Crippen LogP contribution in [-0.2, 0) is 19.1 Å². The number of ether oxygens (including phenoxy) is 1. The number of carbonyl (C=O) groups is 3. The van der Waals surface area contributed by atoms with Crippen LogP contribution in [0.5, 0.6) is 0 Å². The largest absolute Gasteiger partial charge is 0.481 e. The highest BCUT2D eigenvalue weighted by molar-refractivity contribution is 5.89. The maximum absolute atomic E-state index is 11.7. The molecule has 0 aromatic rings. The van der Waals surface area contributed by atoms with Crippen LogP contribution in [0.1, 0.15) is 40.0 Å². The van der Waals surface area contributed by atoms with Gasteiger partial charge in [-0.2, -0.15) is 0 Å². The van der Waals surface area contributed by atoms with Crippen LogP contribution in [0.4, 0.5) is 0 Å². The molecule has 0 aliphatic carbocycles. The van der Waals surface area contributed by atoms with Crippen LogP contribution in [0.2, 0.25) is 0 Å². The summed E-state index contributed by atoms with van der Waals surface area (Å²) >= 11 is 0. The zero-order chi connectivity index (χ0) is 15.0. The van der Waals surface area contributed by atoms with Crippen LogP contribution in [0.25, 0.3) is 0 Å². The third kappa shape index (κ3) is 7.40. The molecule has 0 aliphatic rings. The molecule has 0 saturated heterocycles. The summed E-state index contributed by atoms with van der Waals surface area (Å²) in [5.74, 6) is -2.37. The Bertz CT molecular complexity index is 330. The minimum atomic E-state index is -1.18. The molecular formula is C12H22N2O5. The number of carboxylic acids is 1. The first kappa shape index (κ1) is 17.4. The van der Waals surface area contributed by atoms with Gasteiger partial charge in [0.15, 0.2) is 0 Å². The first-order chi connectivity index (χ1) is 8.77. The van der Waals surface area contributed by atoms with Crippen LogP contribution in [0.3, 0.4) is 0 Å². The van der Waals surface area contributed by atoms with Gasteiger partial charge in [0.1, 0.15) is 6.04 Å². The van der Waals surface area contributed by atoms with Gasteiger partial charge >= 0.3 is 11.9 Å². The van der Waals surface area contributed by atoms with Gasteiger partial charge in [-0.05, 0) is 20.3 Å². The molecule has 7 nitrogen and oxygen atoms in total. The lowest BCUT2D eigenvalue weighted by molar-refractivity contribution is -0.151. The van der Waals surface area contributed by atoms with Crippen LogP contribution in [-0.4, -0.2) is 41.1 Å². The monoisotopic (exact) mass is 274 g/mol. The number of amides is 1. The van der Waals surface area contributed by atoms with Crippen molar-refractivity contribution >= 4 is 17.8 Å². The maximum Gasteiger partial charge on any atom is 0.328 e. The Morgan fingerprint density at radius 1 is 1.32 bits per heavy atom. The standard InChI is InChI=1S/C12H22N2O5/c1-4-5-9(12(18)19-7(2)3)14-11(17)8(13)6-10(15)16/h7-9H,4-6,13H2,1-3H3,(H,14,17)(H,15,16)/t8-,9+/m1/s1. The molecule has 0 aromatic heterocycles. The van der Waals surface area contributed by atoms with E-state index in [0.29, 0.717) is 12.8 Å². The van der Waals surface area contributed by atoms with Gasteiger partial charge in [-0.3, -0.25) is 9.59 Å². The predicted octanol–water partition coefficient (Wildman–Crippen LogP) is 0.0249. The smallest absolute Gasteiger partial charge is 0.328 e. The Labute approximate surface area is 112 Å². The molecule has 0 heterocycles. The number of hydrogen-bond donors (Lipinski definition) is 3. The fourth-order valence-corrected chi connectivity index (χ4v) is 1.41. The van der Waals surface area contributed by atoms with Crippen LogP contribution >= 0.6 is 0 Å². The summed E-state index contributed by atoms with van der Waals surface area (Å²) in [6.07, 6.45) is 0.323. The fourth-order valence-electron chi connectivity index (χ4n) is 1.41. The Morgan fingerprint density at radius 2 is 1.89 bits per heavy atom. The molecule has 0 bridgehead atoms. The molecule has 2 atom stereocenters. The number of hydrogen-bond acceptors (Lipinski definition) is 5. The SMILES string of the molecule is CCC[C@H](NC(=O)[C@H](N)CC(=O)O)C(=O)OC(C)C. The van der Waals surface area contributed by atoms with Crippen molar-refractivity contribution in [2.75, 3.05) is 0 Å². The summed E-state index contributed by atoms with van der Waals surface area (Å²) in [5.41, 5.74) is 5.42. The quantitative estimate of drug-likeness (QED) is 0.537. The van der Waals surface area contributed by atoms with E-state index in [1.165, 1.54) is 0 Å². The van der Waals surface area contributed by atoms with E-state index in [4.69, 9.17) is 15.6 Å². The summed E-state index contributed by atoms with van der Waals surface area (Å²) in [6.45, 7) is 5.27. The van der Waals surface area contributed by atoms with Crippen molar-refractivity contribution in [2.45, 2.75) is 58.2 Å². The average Bonchev–Trinajstić information content (AvgIpc) is 2.26. The molecule has 0 rings (SSSR count). The molecule has 0 aliphatic heterocycles. The van der Waals surface area contributed by atoms with E-state index in [1.807, 2.05) is 6.92 Å². The highest BCUT2D eigenvalue weighted by Crippen LogP contribution is 2.03. The number of carbonyl (C=O) groups excluding carboxylic acids is 2. The normalized spacial score (nSPS) is 13.7. The minimum Gasteiger partial charge on any atom is -0.481 e. The molecule has 0 fully saturated rings. The van der Waals surface area contributed by atoms with E-state index in [9.17, 15) is 14.4 Å². The number of aliphatic carboxylic acids is 1. The van der Waals surface area contributed by atoms with E-state index in [-0.39, 0.29) is 6.10 Å². The Balaban J connectivity index is 4.52. The Kier molecular flexibility index (Phi) is 7.74. The highest BCUT2D eigenvalue weighted by atomic mass is 16.5. The molecular weight excluding hydrogens is 252 g/mol. The summed E-state index contributed by atoms with van der Waals surface area (Å²) in [7, 11) is 0. The predicted molar refractivity (Wildman–Crippen MR) is 68.3 cm³/mol. The van der Waals surface area contributed by atoms with Gasteiger partial charge in [0.2, 0.25) is 5.91 Å². The van der Waals surface area contributed by atoms with Crippen LogP contribution in [0.15, 0.2) is 0 Å². The number of rotatable bonds is 8. The van der Waals surface area contributed by atoms with Gasteiger partial charge in [-0.1, -0.05) is 13.3 Å². The molecule has 1 amide bonds. The average molecular weight is 274 g/mol. The van der Waals surface area contributed by atoms with E-state index in [2.05, 4.69) is 5.32 Å². The second-order valence-corrected chi connectivity index (χ2v) is 4.54. The summed E-state index contributed by atoms with van der Waals surface area (Å²) < 4.78 is 5.02. The van der Waals surface area contributed by atoms with Crippen molar-refractivity contribution in [2.24, 2.45) is 5.73 Å². The lowest BCUT2D eigenvalue weighted by Gasteiger charge is -2.20. The maximum atomic E-state index is 11.7. The number of carboxylic acid groups (broad SMARTS) is 1. The summed E-state index contributed by atoms with van der Waals surface area (Å²) in [4.78, 5) is 33.8. The second-order valence-electron chi connectivity index (χ2n) is 4.54. The molecule has 0 aromatic carbocycles. The van der Waals surface area contributed by atoms with Gasteiger partial charge < -0.3 is 20.9 Å². The molecule has 0 radical (unpaired) electrons. The van der Waals surface area contributed by atoms with Crippen molar-refractivity contribution in [3.05, 3.63) is 0 Å². The highest BCUT2D eigenvalue weighted by Gasteiger charge is 2.25. The fraction of sp³-hybridized carbons (Fsp3) is 0.750. The van der Waals surface area contributed by atoms with Crippen molar-refractivity contribution < 1.29 is 24.2 Å². The van der Waals surface area contributed by atoms with Crippen LogP contribution in [0, 0.1) is 0 Å². The number of nitrogens with two attached hydrogens (primary N) is 1. The van der Waals surface area contributed by atoms with Crippen LogP contribution < -0.4 is 11.1 Å². The summed E-state index contributed by atoms with van der Waals surface area (Å²) in [5, 5.41) is 11.0. The van der Waals surface area contributed by atoms with Gasteiger partial charge in [-0.15, -0.1) is 0 Å². The van der Waals surface area contributed by atoms with Gasteiger partial charge in [0, 0.05) is 0 Å². The molecule has 0 saturated carbocycles. The minimum absolute atomic E-state index is 0.281. The van der Waals surface area contributed by atoms with E-state index >= 15 is 0 Å². The topological polar surface area (TPSA) is 119 Å². The lowest BCUT2D eigenvalue weighted by atomic mass is 10.1. The number of esters is 1. The molecule has 4 N–H and O–H groups in total. The first-order valence-corrected chi connectivity index (χ1v) is 6.26. The van der Waals surface area contributed by atoms with Crippen molar-refractivity contribution in [3.8, 4) is 0 Å². The number of nitrogens with one attached hydrogen (secondary N) is 1. The van der Waals surface area contributed by atoms with Crippen molar-refractivity contribution in [3.63, 3.8) is 0 Å². The Morgan fingerprint density at radius 3 is 2.32 bits per heavy atom. The first-order valence-electron chi connectivity index (χ1n) is 6.26. The molecule has 0 spiro atoms. The third-order valence-electron chi connectivity index (χ3n) is 2.26. The lowest BCUT2D eigenvalue weighted by Crippen LogP contribution is -2.49. The molecule has 110 valence electrons. The molecule has 7 heteroatoms. The van der Waals surface area contributed by atoms with Gasteiger partial charge in [0.05, 0.1) is 18.6 Å². The molecule has 0 unspecified atom stereocenters. The zero-order valence-corrected chi connectivity index (χ0v) is 11.5. The zero-order valence-electron chi connectivity index (χ0n) is 11.5. The molecule has 19 heavy (non-hydrogen) atoms. The Hall–Kier alpha value is -1.63. The van der Waals surface area contributed by atoms with E-state index in [0.717, 1.165) is 0 Å². The van der Waals surface area contributed by atoms with Crippen molar-refractivity contribution in [1.82, 2.24) is 5.32 Å². The summed E-state index contributed by atoms with van der Waals surface area (Å²) in [6, 6.07) is -1.97. The van der Waals surface area contributed by atoms with Gasteiger partial charge in [-0.25, -0.2) is 4.79 Å². The second kappa shape index (κ2) is 8.47. The van der Waals surface area contributed by atoms with Gasteiger partial charge in [0.25, 0.3) is 0 Å². The van der Waals surface area contributed by atoms with E-state index in [1.54, 1.807) is 13.8 Å².